The van der Waals surface area contributed by atoms with E-state index in [1.807, 2.05) is 37.3 Å². The standard InChI is InChI=1S/C26H30N2O5/c1-3-4-15-27-25(31)22-17-21(12-10-19(22)11-13-24(29)30)32-16-14-23-18(2)33-26(28-23)20-8-6-5-7-9-20/h5-10,12,17H,3-4,11,13-16H2,1-2H3,(H,27,31)(H,29,30). The van der Waals surface area contributed by atoms with E-state index in [-0.39, 0.29) is 18.7 Å². The number of carbonyl (C=O) groups excluding carboxylic acids is 1. The van der Waals surface area contributed by atoms with E-state index >= 15 is 0 Å². The van der Waals surface area contributed by atoms with Gasteiger partial charge in [0.25, 0.3) is 5.91 Å². The molecule has 0 aliphatic heterocycles. The molecule has 0 aliphatic carbocycles. The van der Waals surface area contributed by atoms with Crippen LogP contribution in [0.3, 0.4) is 0 Å². The third-order valence-electron chi connectivity index (χ3n) is 5.27. The van der Waals surface area contributed by atoms with Crippen LogP contribution in [-0.4, -0.2) is 35.1 Å². The molecule has 2 N–H and O–H groups in total. The quantitative estimate of drug-likeness (QED) is 0.384. The van der Waals surface area contributed by atoms with Gasteiger partial charge in [0, 0.05) is 30.5 Å². The Morgan fingerprint density at radius 2 is 1.91 bits per heavy atom. The highest BCUT2D eigenvalue weighted by Crippen LogP contribution is 2.23. The first-order valence-corrected chi connectivity index (χ1v) is 11.3. The molecule has 0 fully saturated rings. The molecule has 0 aliphatic rings. The summed E-state index contributed by atoms with van der Waals surface area (Å²) in [6, 6.07) is 14.9. The van der Waals surface area contributed by atoms with E-state index in [1.54, 1.807) is 18.2 Å². The molecule has 0 bridgehead atoms. The van der Waals surface area contributed by atoms with E-state index in [1.165, 1.54) is 0 Å². The van der Waals surface area contributed by atoms with E-state index in [2.05, 4.69) is 17.2 Å². The van der Waals surface area contributed by atoms with Gasteiger partial charge in [0.1, 0.15) is 11.5 Å². The number of rotatable bonds is 12. The lowest BCUT2D eigenvalue weighted by Crippen LogP contribution is -2.25. The SMILES string of the molecule is CCCCNC(=O)c1cc(OCCc2nc(-c3ccccc3)oc2C)ccc1CCC(=O)O. The molecule has 7 nitrogen and oxygen atoms in total. The van der Waals surface area contributed by atoms with Gasteiger partial charge >= 0.3 is 5.97 Å². The van der Waals surface area contributed by atoms with Crippen molar-refractivity contribution < 1.29 is 23.8 Å². The molecule has 0 atom stereocenters. The van der Waals surface area contributed by atoms with E-state index in [0.29, 0.717) is 42.3 Å². The highest BCUT2D eigenvalue weighted by molar-refractivity contribution is 5.96. The molecule has 2 aromatic carbocycles. The van der Waals surface area contributed by atoms with Gasteiger partial charge in [-0.1, -0.05) is 37.6 Å². The summed E-state index contributed by atoms with van der Waals surface area (Å²) in [5.41, 5.74) is 2.89. The maximum atomic E-state index is 12.7. The first kappa shape index (κ1) is 24.0. The number of ether oxygens (including phenoxy) is 1. The zero-order valence-corrected chi connectivity index (χ0v) is 19.1. The van der Waals surface area contributed by atoms with E-state index in [9.17, 15) is 9.59 Å². The number of carboxylic acids is 1. The number of aromatic nitrogens is 1. The lowest BCUT2D eigenvalue weighted by molar-refractivity contribution is -0.136. The molecule has 1 heterocycles. The van der Waals surface area contributed by atoms with Crippen LogP contribution in [0.15, 0.2) is 52.9 Å². The number of benzene rings is 2. The van der Waals surface area contributed by atoms with Crippen molar-refractivity contribution >= 4 is 11.9 Å². The smallest absolute Gasteiger partial charge is 0.303 e. The number of amides is 1. The summed E-state index contributed by atoms with van der Waals surface area (Å²) in [5, 5.41) is 11.9. The van der Waals surface area contributed by atoms with Crippen molar-refractivity contribution in [3.8, 4) is 17.2 Å². The summed E-state index contributed by atoms with van der Waals surface area (Å²) in [6.45, 7) is 4.88. The van der Waals surface area contributed by atoms with Crippen molar-refractivity contribution in [2.75, 3.05) is 13.2 Å². The predicted molar refractivity (Wildman–Crippen MR) is 126 cm³/mol. The van der Waals surface area contributed by atoms with Gasteiger partial charge in [-0.2, -0.15) is 0 Å². The molecule has 174 valence electrons. The summed E-state index contributed by atoms with van der Waals surface area (Å²) < 4.78 is 11.7. The summed E-state index contributed by atoms with van der Waals surface area (Å²) in [5.74, 6) is 0.771. The molecule has 3 aromatic rings. The Bertz CT molecular complexity index is 1080. The minimum Gasteiger partial charge on any atom is -0.493 e. The Kier molecular flexibility index (Phi) is 8.63. The fraction of sp³-hybridized carbons (Fsp3) is 0.346. The molecule has 1 amide bonds. The highest BCUT2D eigenvalue weighted by atomic mass is 16.5. The molecule has 0 radical (unpaired) electrons. The average molecular weight is 451 g/mol. The van der Waals surface area contributed by atoms with Crippen LogP contribution < -0.4 is 10.1 Å². The number of aliphatic carboxylic acids is 1. The van der Waals surface area contributed by atoms with Crippen molar-refractivity contribution in [2.24, 2.45) is 0 Å². The van der Waals surface area contributed by atoms with Gasteiger partial charge in [-0.05, 0) is 49.6 Å². The molecular formula is C26H30N2O5. The van der Waals surface area contributed by atoms with E-state index < -0.39 is 5.97 Å². The van der Waals surface area contributed by atoms with Crippen LogP contribution in [0.5, 0.6) is 5.75 Å². The van der Waals surface area contributed by atoms with Crippen molar-refractivity contribution in [1.29, 1.82) is 0 Å². The zero-order chi connectivity index (χ0) is 23.6. The fourth-order valence-electron chi connectivity index (χ4n) is 3.42. The maximum Gasteiger partial charge on any atom is 0.303 e. The second-order valence-electron chi connectivity index (χ2n) is 7.81. The number of hydrogen-bond acceptors (Lipinski definition) is 5. The minimum atomic E-state index is -0.898. The largest absolute Gasteiger partial charge is 0.493 e. The molecule has 33 heavy (non-hydrogen) atoms. The van der Waals surface area contributed by atoms with Crippen LogP contribution >= 0.6 is 0 Å². The number of carboxylic acid groups (broad SMARTS) is 1. The summed E-state index contributed by atoms with van der Waals surface area (Å²) in [6.07, 6.45) is 2.66. The van der Waals surface area contributed by atoms with Crippen molar-refractivity contribution in [2.45, 2.75) is 46.0 Å². The second-order valence-corrected chi connectivity index (χ2v) is 7.81. The number of nitrogens with zero attached hydrogens (tertiary/aromatic N) is 1. The van der Waals surface area contributed by atoms with Crippen LogP contribution in [0.25, 0.3) is 11.5 Å². The lowest BCUT2D eigenvalue weighted by Gasteiger charge is -2.12. The molecule has 3 rings (SSSR count). The number of carbonyl (C=O) groups is 2. The van der Waals surface area contributed by atoms with Gasteiger partial charge in [-0.15, -0.1) is 0 Å². The first-order chi connectivity index (χ1) is 16.0. The fourth-order valence-corrected chi connectivity index (χ4v) is 3.42. The maximum absolute atomic E-state index is 12.7. The monoisotopic (exact) mass is 450 g/mol. The van der Waals surface area contributed by atoms with Crippen LogP contribution in [0.4, 0.5) is 0 Å². The molecule has 0 spiro atoms. The van der Waals surface area contributed by atoms with Crippen LogP contribution in [-0.2, 0) is 17.6 Å². The third kappa shape index (κ3) is 6.94. The van der Waals surface area contributed by atoms with E-state index in [4.69, 9.17) is 14.3 Å². The lowest BCUT2D eigenvalue weighted by atomic mass is 10.0. The Balaban J connectivity index is 1.66. The number of aryl methyl sites for hydroxylation is 2. The van der Waals surface area contributed by atoms with Gasteiger partial charge in [-0.25, -0.2) is 4.98 Å². The highest BCUT2D eigenvalue weighted by Gasteiger charge is 2.15. The Morgan fingerprint density at radius 3 is 2.64 bits per heavy atom. The van der Waals surface area contributed by atoms with Gasteiger partial charge in [-0.3, -0.25) is 9.59 Å². The molecule has 0 unspecified atom stereocenters. The Hall–Kier alpha value is -3.61. The third-order valence-corrected chi connectivity index (χ3v) is 5.27. The van der Waals surface area contributed by atoms with Crippen LogP contribution in [0.1, 0.15) is 53.6 Å². The topological polar surface area (TPSA) is 102 Å². The number of oxazole rings is 1. The number of nitrogens with one attached hydrogen (secondary N) is 1. The average Bonchev–Trinajstić information content (AvgIpc) is 3.19. The number of hydrogen-bond donors (Lipinski definition) is 2. The van der Waals surface area contributed by atoms with Gasteiger partial charge in [0.05, 0.1) is 12.3 Å². The normalized spacial score (nSPS) is 10.7. The van der Waals surface area contributed by atoms with Crippen LogP contribution in [0.2, 0.25) is 0 Å². The minimum absolute atomic E-state index is 0.0371. The molecule has 0 saturated heterocycles. The molecule has 1 aromatic heterocycles. The summed E-state index contributed by atoms with van der Waals surface area (Å²) >= 11 is 0. The van der Waals surface area contributed by atoms with Crippen molar-refractivity contribution in [3.63, 3.8) is 0 Å². The van der Waals surface area contributed by atoms with Crippen molar-refractivity contribution in [3.05, 3.63) is 71.1 Å². The van der Waals surface area contributed by atoms with Gasteiger partial charge in [0.2, 0.25) is 5.89 Å². The second kappa shape index (κ2) is 11.9. The molecular weight excluding hydrogens is 420 g/mol. The molecule has 7 heteroatoms. The molecule has 0 saturated carbocycles. The predicted octanol–water partition coefficient (Wildman–Crippen LogP) is 4.82. The van der Waals surface area contributed by atoms with Crippen molar-refractivity contribution in [1.82, 2.24) is 10.3 Å². The Labute approximate surface area is 193 Å². The number of unbranched alkanes of at least 4 members (excludes halogenated alkanes) is 1. The summed E-state index contributed by atoms with van der Waals surface area (Å²) in [7, 11) is 0. The van der Waals surface area contributed by atoms with Gasteiger partial charge in [0.15, 0.2) is 0 Å². The zero-order valence-electron chi connectivity index (χ0n) is 19.1. The first-order valence-electron chi connectivity index (χ1n) is 11.3. The Morgan fingerprint density at radius 1 is 1.12 bits per heavy atom. The van der Waals surface area contributed by atoms with Crippen LogP contribution in [0, 0.1) is 6.92 Å². The van der Waals surface area contributed by atoms with Gasteiger partial charge < -0.3 is 19.6 Å². The van der Waals surface area contributed by atoms with E-state index in [0.717, 1.165) is 29.9 Å². The summed E-state index contributed by atoms with van der Waals surface area (Å²) in [4.78, 5) is 28.3.